The SMILES string of the molecule is CCN(CC)C(=O)c1cc(Cl)cc(CO)c1. The third kappa shape index (κ3) is 2.97. The zero-order valence-corrected chi connectivity index (χ0v) is 10.3. The molecule has 0 saturated carbocycles. The molecule has 0 fully saturated rings. The number of benzene rings is 1. The van der Waals surface area contributed by atoms with Crippen LogP contribution in [0.5, 0.6) is 0 Å². The fraction of sp³-hybridized carbons (Fsp3) is 0.417. The van der Waals surface area contributed by atoms with Crippen LogP contribution in [0.1, 0.15) is 29.8 Å². The van der Waals surface area contributed by atoms with E-state index in [1.165, 1.54) is 0 Å². The molecule has 1 amide bonds. The summed E-state index contributed by atoms with van der Waals surface area (Å²) >= 11 is 5.88. The van der Waals surface area contributed by atoms with Gasteiger partial charge in [-0.25, -0.2) is 0 Å². The number of carbonyl (C=O) groups is 1. The van der Waals surface area contributed by atoms with Gasteiger partial charge in [-0.05, 0) is 37.6 Å². The summed E-state index contributed by atoms with van der Waals surface area (Å²) in [6, 6.07) is 4.95. The standard InChI is InChI=1S/C12H16ClNO2/c1-3-14(4-2)12(16)10-5-9(8-15)6-11(13)7-10/h5-7,15H,3-4,8H2,1-2H3. The van der Waals surface area contributed by atoms with Crippen molar-refractivity contribution in [3.63, 3.8) is 0 Å². The molecule has 4 heteroatoms. The highest BCUT2D eigenvalue weighted by atomic mass is 35.5. The Balaban J connectivity index is 3.03. The van der Waals surface area contributed by atoms with Crippen molar-refractivity contribution in [1.82, 2.24) is 4.90 Å². The molecule has 0 saturated heterocycles. The highest BCUT2D eigenvalue weighted by Crippen LogP contribution is 2.16. The van der Waals surface area contributed by atoms with Crippen LogP contribution in [0.4, 0.5) is 0 Å². The molecule has 0 aliphatic carbocycles. The summed E-state index contributed by atoms with van der Waals surface area (Å²) < 4.78 is 0. The predicted octanol–water partition coefficient (Wildman–Crippen LogP) is 2.31. The normalized spacial score (nSPS) is 10.2. The van der Waals surface area contributed by atoms with Crippen molar-refractivity contribution in [2.24, 2.45) is 0 Å². The van der Waals surface area contributed by atoms with E-state index in [2.05, 4.69) is 0 Å². The van der Waals surface area contributed by atoms with Crippen molar-refractivity contribution in [3.8, 4) is 0 Å². The van der Waals surface area contributed by atoms with Crippen LogP contribution in [0.3, 0.4) is 0 Å². The van der Waals surface area contributed by atoms with Gasteiger partial charge in [0.15, 0.2) is 0 Å². The van der Waals surface area contributed by atoms with Crippen LogP contribution in [-0.2, 0) is 6.61 Å². The molecule has 1 rings (SSSR count). The number of halogens is 1. The lowest BCUT2D eigenvalue weighted by Gasteiger charge is -2.19. The quantitative estimate of drug-likeness (QED) is 0.879. The minimum Gasteiger partial charge on any atom is -0.392 e. The number of hydrogen-bond acceptors (Lipinski definition) is 2. The smallest absolute Gasteiger partial charge is 0.253 e. The van der Waals surface area contributed by atoms with E-state index >= 15 is 0 Å². The van der Waals surface area contributed by atoms with E-state index in [1.807, 2.05) is 13.8 Å². The molecule has 1 aromatic rings. The Hall–Kier alpha value is -1.06. The average molecular weight is 242 g/mol. The van der Waals surface area contributed by atoms with Gasteiger partial charge in [-0.15, -0.1) is 0 Å². The molecule has 88 valence electrons. The Morgan fingerprint density at radius 3 is 2.44 bits per heavy atom. The van der Waals surface area contributed by atoms with Gasteiger partial charge in [-0.3, -0.25) is 4.79 Å². The van der Waals surface area contributed by atoms with E-state index < -0.39 is 0 Å². The maximum atomic E-state index is 12.0. The van der Waals surface area contributed by atoms with E-state index in [9.17, 15) is 4.79 Å². The first kappa shape index (κ1) is 13.0. The van der Waals surface area contributed by atoms with Gasteiger partial charge < -0.3 is 10.0 Å². The number of carbonyl (C=O) groups excluding carboxylic acids is 1. The van der Waals surface area contributed by atoms with Crippen LogP contribution >= 0.6 is 11.6 Å². The minimum atomic E-state index is -0.112. The van der Waals surface area contributed by atoms with Crippen molar-refractivity contribution >= 4 is 17.5 Å². The van der Waals surface area contributed by atoms with Crippen LogP contribution in [0, 0.1) is 0 Å². The topological polar surface area (TPSA) is 40.5 Å². The summed E-state index contributed by atoms with van der Waals surface area (Å²) in [6.45, 7) is 5.07. The van der Waals surface area contributed by atoms with Crippen molar-refractivity contribution in [3.05, 3.63) is 34.3 Å². The molecule has 0 atom stereocenters. The monoisotopic (exact) mass is 241 g/mol. The van der Waals surface area contributed by atoms with Gasteiger partial charge in [-0.1, -0.05) is 11.6 Å². The summed E-state index contributed by atoms with van der Waals surface area (Å²) in [6.07, 6.45) is 0. The first-order valence-corrected chi connectivity index (χ1v) is 5.69. The lowest BCUT2D eigenvalue weighted by molar-refractivity contribution is 0.0773. The van der Waals surface area contributed by atoms with E-state index in [4.69, 9.17) is 16.7 Å². The Morgan fingerprint density at radius 1 is 1.31 bits per heavy atom. The van der Waals surface area contributed by atoms with Gasteiger partial charge in [0, 0.05) is 23.7 Å². The zero-order valence-electron chi connectivity index (χ0n) is 9.53. The predicted molar refractivity (Wildman–Crippen MR) is 64.6 cm³/mol. The molecule has 0 spiro atoms. The van der Waals surface area contributed by atoms with E-state index in [1.54, 1.807) is 23.1 Å². The van der Waals surface area contributed by atoms with Crippen LogP contribution in [0.15, 0.2) is 18.2 Å². The number of hydrogen-bond donors (Lipinski definition) is 1. The van der Waals surface area contributed by atoms with Crippen LogP contribution in [-0.4, -0.2) is 29.0 Å². The van der Waals surface area contributed by atoms with Gasteiger partial charge in [0.2, 0.25) is 0 Å². The fourth-order valence-corrected chi connectivity index (χ4v) is 1.82. The Bertz CT molecular complexity index is 375. The largest absolute Gasteiger partial charge is 0.392 e. The summed E-state index contributed by atoms with van der Waals surface area (Å²) in [5.74, 6) is -0.0535. The second kappa shape index (κ2) is 5.87. The van der Waals surface area contributed by atoms with Crippen molar-refractivity contribution in [2.75, 3.05) is 13.1 Å². The third-order valence-electron chi connectivity index (χ3n) is 2.44. The third-order valence-corrected chi connectivity index (χ3v) is 2.66. The molecule has 0 unspecified atom stereocenters. The fourth-order valence-electron chi connectivity index (χ4n) is 1.56. The van der Waals surface area contributed by atoms with Gasteiger partial charge >= 0.3 is 0 Å². The van der Waals surface area contributed by atoms with Crippen molar-refractivity contribution < 1.29 is 9.90 Å². The molecular weight excluding hydrogens is 226 g/mol. The molecule has 1 aromatic carbocycles. The summed E-state index contributed by atoms with van der Waals surface area (Å²) in [7, 11) is 0. The Morgan fingerprint density at radius 2 is 1.94 bits per heavy atom. The number of aliphatic hydroxyl groups is 1. The lowest BCUT2D eigenvalue weighted by Crippen LogP contribution is -2.30. The summed E-state index contributed by atoms with van der Waals surface area (Å²) in [5, 5.41) is 9.51. The molecule has 0 aliphatic rings. The molecule has 3 nitrogen and oxygen atoms in total. The Labute approximate surface area is 101 Å². The maximum absolute atomic E-state index is 12.0. The van der Waals surface area contributed by atoms with Gasteiger partial charge in [0.05, 0.1) is 6.61 Å². The molecule has 16 heavy (non-hydrogen) atoms. The molecule has 0 bridgehead atoms. The Kier molecular flexibility index (Phi) is 4.77. The molecular formula is C12H16ClNO2. The second-order valence-electron chi connectivity index (χ2n) is 3.48. The molecule has 0 aliphatic heterocycles. The molecule has 0 heterocycles. The second-order valence-corrected chi connectivity index (χ2v) is 3.92. The molecule has 0 aromatic heterocycles. The number of nitrogens with zero attached hydrogens (tertiary/aromatic N) is 1. The lowest BCUT2D eigenvalue weighted by atomic mass is 10.1. The average Bonchev–Trinajstić information content (AvgIpc) is 2.29. The molecule has 1 N–H and O–H groups in total. The van der Waals surface area contributed by atoms with Gasteiger partial charge in [0.1, 0.15) is 0 Å². The number of aliphatic hydroxyl groups excluding tert-OH is 1. The first-order valence-electron chi connectivity index (χ1n) is 5.32. The first-order chi connectivity index (χ1) is 7.62. The van der Waals surface area contributed by atoms with E-state index in [0.29, 0.717) is 29.2 Å². The minimum absolute atomic E-state index is 0.0535. The van der Waals surface area contributed by atoms with Crippen LogP contribution in [0.25, 0.3) is 0 Å². The summed E-state index contributed by atoms with van der Waals surface area (Å²) in [5.41, 5.74) is 1.18. The van der Waals surface area contributed by atoms with Gasteiger partial charge in [0.25, 0.3) is 5.91 Å². The highest BCUT2D eigenvalue weighted by molar-refractivity contribution is 6.31. The van der Waals surface area contributed by atoms with Crippen molar-refractivity contribution in [2.45, 2.75) is 20.5 Å². The summed E-state index contributed by atoms with van der Waals surface area (Å²) in [4.78, 5) is 13.7. The van der Waals surface area contributed by atoms with Gasteiger partial charge in [-0.2, -0.15) is 0 Å². The van der Waals surface area contributed by atoms with E-state index in [0.717, 1.165) is 0 Å². The van der Waals surface area contributed by atoms with Crippen LogP contribution < -0.4 is 0 Å². The van der Waals surface area contributed by atoms with Crippen molar-refractivity contribution in [1.29, 1.82) is 0 Å². The maximum Gasteiger partial charge on any atom is 0.253 e. The van der Waals surface area contributed by atoms with Crippen LogP contribution in [0.2, 0.25) is 5.02 Å². The zero-order chi connectivity index (χ0) is 12.1. The number of rotatable bonds is 4. The highest BCUT2D eigenvalue weighted by Gasteiger charge is 2.13. The number of amides is 1. The molecule has 0 radical (unpaired) electrons. The van der Waals surface area contributed by atoms with E-state index in [-0.39, 0.29) is 12.5 Å².